The van der Waals surface area contributed by atoms with Crippen LogP contribution in [0, 0.1) is 5.82 Å². The second-order valence-electron chi connectivity index (χ2n) is 3.95. The highest BCUT2D eigenvalue weighted by Crippen LogP contribution is 2.34. The molecule has 0 fully saturated rings. The Labute approximate surface area is 90.5 Å². The van der Waals surface area contributed by atoms with Gasteiger partial charge in [0.1, 0.15) is 5.82 Å². The molecule has 16 heavy (non-hydrogen) atoms. The van der Waals surface area contributed by atoms with Crippen LogP contribution < -0.4 is 5.32 Å². The first kappa shape index (κ1) is 11.4. The fourth-order valence-electron chi connectivity index (χ4n) is 2.06. The van der Waals surface area contributed by atoms with E-state index in [1.165, 1.54) is 0 Å². The third-order valence-electron chi connectivity index (χ3n) is 2.82. The molecule has 0 saturated heterocycles. The van der Waals surface area contributed by atoms with Crippen LogP contribution in [0.5, 0.6) is 0 Å². The summed E-state index contributed by atoms with van der Waals surface area (Å²) in [6.45, 7) is 2.32. The van der Waals surface area contributed by atoms with Crippen LogP contribution in [-0.2, 0) is 12.6 Å². The Morgan fingerprint density at radius 1 is 1.31 bits per heavy atom. The van der Waals surface area contributed by atoms with E-state index in [0.29, 0.717) is 30.2 Å². The van der Waals surface area contributed by atoms with Gasteiger partial charge in [0, 0.05) is 11.6 Å². The van der Waals surface area contributed by atoms with Gasteiger partial charge >= 0.3 is 6.18 Å². The number of hydrogen-bond donors (Lipinski definition) is 1. The highest BCUT2D eigenvalue weighted by atomic mass is 19.4. The standard InChI is InChI=1S/C11H11F4N/c1-6-10-7(2-3-16-6)4-8(5-9(10)12)11(13,14)15/h4-6,16H,2-3H2,1H3. The van der Waals surface area contributed by atoms with Crippen molar-refractivity contribution >= 4 is 0 Å². The summed E-state index contributed by atoms with van der Waals surface area (Å²) in [5.74, 6) is -0.774. The van der Waals surface area contributed by atoms with Gasteiger partial charge in [-0.3, -0.25) is 0 Å². The van der Waals surface area contributed by atoms with Crippen molar-refractivity contribution in [1.29, 1.82) is 0 Å². The van der Waals surface area contributed by atoms with E-state index in [1.807, 2.05) is 0 Å². The minimum absolute atomic E-state index is 0.231. The van der Waals surface area contributed by atoms with Crippen LogP contribution in [0.3, 0.4) is 0 Å². The van der Waals surface area contributed by atoms with Gasteiger partial charge in [-0.2, -0.15) is 13.2 Å². The van der Waals surface area contributed by atoms with E-state index in [1.54, 1.807) is 6.92 Å². The number of benzene rings is 1. The first-order chi connectivity index (χ1) is 7.39. The molecule has 1 atom stereocenters. The van der Waals surface area contributed by atoms with Crippen LogP contribution in [0.15, 0.2) is 12.1 Å². The first-order valence-electron chi connectivity index (χ1n) is 5.02. The van der Waals surface area contributed by atoms with Crippen LogP contribution >= 0.6 is 0 Å². The highest BCUT2D eigenvalue weighted by Gasteiger charge is 2.33. The lowest BCUT2D eigenvalue weighted by atomic mass is 9.92. The van der Waals surface area contributed by atoms with Crippen molar-refractivity contribution in [3.05, 3.63) is 34.6 Å². The summed E-state index contributed by atoms with van der Waals surface area (Å²) < 4.78 is 50.9. The zero-order chi connectivity index (χ0) is 11.9. The van der Waals surface area contributed by atoms with Crippen LogP contribution in [-0.4, -0.2) is 6.54 Å². The number of fused-ring (bicyclic) bond motifs is 1. The smallest absolute Gasteiger partial charge is 0.310 e. The zero-order valence-electron chi connectivity index (χ0n) is 8.66. The van der Waals surface area contributed by atoms with E-state index in [2.05, 4.69) is 5.32 Å². The first-order valence-corrected chi connectivity index (χ1v) is 5.02. The molecule has 0 amide bonds. The van der Waals surface area contributed by atoms with E-state index in [0.717, 1.165) is 6.07 Å². The van der Waals surface area contributed by atoms with Gasteiger partial charge < -0.3 is 5.32 Å². The molecule has 2 rings (SSSR count). The summed E-state index contributed by atoms with van der Waals surface area (Å²) in [5.41, 5.74) is -0.0873. The quantitative estimate of drug-likeness (QED) is 0.679. The van der Waals surface area contributed by atoms with Crippen molar-refractivity contribution in [2.45, 2.75) is 25.6 Å². The third-order valence-corrected chi connectivity index (χ3v) is 2.82. The predicted octanol–water partition coefficient (Wildman–Crippen LogP) is 3.05. The summed E-state index contributed by atoms with van der Waals surface area (Å²) in [5, 5.41) is 3.02. The molecule has 5 heteroatoms. The summed E-state index contributed by atoms with van der Waals surface area (Å²) in [4.78, 5) is 0. The van der Waals surface area contributed by atoms with E-state index in [-0.39, 0.29) is 6.04 Å². The van der Waals surface area contributed by atoms with Gasteiger partial charge in [0.05, 0.1) is 5.56 Å². The lowest BCUT2D eigenvalue weighted by molar-refractivity contribution is -0.137. The molecule has 1 aliphatic rings. The maximum Gasteiger partial charge on any atom is 0.416 e. The molecule has 1 aromatic rings. The molecule has 1 N–H and O–H groups in total. The minimum atomic E-state index is -4.48. The van der Waals surface area contributed by atoms with Gasteiger partial charge in [-0.05, 0) is 37.6 Å². The van der Waals surface area contributed by atoms with Crippen LogP contribution in [0.25, 0.3) is 0 Å². The highest BCUT2D eigenvalue weighted by molar-refractivity contribution is 5.38. The van der Waals surface area contributed by atoms with Crippen molar-refractivity contribution in [3.63, 3.8) is 0 Å². The zero-order valence-corrected chi connectivity index (χ0v) is 8.66. The topological polar surface area (TPSA) is 12.0 Å². The molecule has 1 heterocycles. The Morgan fingerprint density at radius 2 is 2.00 bits per heavy atom. The molecule has 88 valence electrons. The maximum absolute atomic E-state index is 13.6. The molecule has 0 bridgehead atoms. The lowest BCUT2D eigenvalue weighted by Crippen LogP contribution is -2.29. The summed E-state index contributed by atoms with van der Waals surface area (Å²) >= 11 is 0. The van der Waals surface area contributed by atoms with Crippen molar-refractivity contribution in [3.8, 4) is 0 Å². The second-order valence-corrected chi connectivity index (χ2v) is 3.95. The minimum Gasteiger partial charge on any atom is -0.310 e. The van der Waals surface area contributed by atoms with E-state index in [9.17, 15) is 17.6 Å². The van der Waals surface area contributed by atoms with Crippen molar-refractivity contribution in [2.24, 2.45) is 0 Å². The largest absolute Gasteiger partial charge is 0.416 e. The fraction of sp³-hybridized carbons (Fsp3) is 0.455. The SMILES string of the molecule is CC1NCCc2cc(C(F)(F)F)cc(F)c21. The van der Waals surface area contributed by atoms with Gasteiger partial charge in [0.2, 0.25) is 0 Å². The maximum atomic E-state index is 13.6. The van der Waals surface area contributed by atoms with Crippen LogP contribution in [0.4, 0.5) is 17.6 Å². The van der Waals surface area contributed by atoms with Gasteiger partial charge in [-0.15, -0.1) is 0 Å². The predicted molar refractivity (Wildman–Crippen MR) is 51.5 cm³/mol. The summed E-state index contributed by atoms with van der Waals surface area (Å²) in [6, 6.07) is 1.39. The van der Waals surface area contributed by atoms with Crippen molar-refractivity contribution < 1.29 is 17.6 Å². The van der Waals surface area contributed by atoms with E-state index in [4.69, 9.17) is 0 Å². The Hall–Kier alpha value is -1.10. The Bertz CT molecular complexity index is 411. The number of rotatable bonds is 0. The molecule has 0 spiro atoms. The van der Waals surface area contributed by atoms with E-state index < -0.39 is 17.6 Å². The lowest BCUT2D eigenvalue weighted by Gasteiger charge is -2.25. The average Bonchev–Trinajstić information content (AvgIpc) is 2.15. The van der Waals surface area contributed by atoms with Crippen molar-refractivity contribution in [2.75, 3.05) is 6.54 Å². The fourth-order valence-corrected chi connectivity index (χ4v) is 2.06. The average molecular weight is 233 g/mol. The Balaban J connectivity index is 2.54. The van der Waals surface area contributed by atoms with Crippen LogP contribution in [0.2, 0.25) is 0 Å². The number of nitrogens with one attached hydrogen (secondary N) is 1. The molecular formula is C11H11F4N. The Morgan fingerprint density at radius 3 is 2.62 bits per heavy atom. The Kier molecular flexibility index (Phi) is 2.66. The molecule has 0 aromatic heterocycles. The number of hydrogen-bond acceptors (Lipinski definition) is 1. The van der Waals surface area contributed by atoms with Crippen LogP contribution in [0.1, 0.15) is 29.7 Å². The van der Waals surface area contributed by atoms with Crippen molar-refractivity contribution in [1.82, 2.24) is 5.32 Å². The normalized spacial score (nSPS) is 20.7. The molecular weight excluding hydrogens is 222 g/mol. The van der Waals surface area contributed by atoms with Gasteiger partial charge in [0.15, 0.2) is 0 Å². The molecule has 1 unspecified atom stereocenters. The summed E-state index contributed by atoms with van der Waals surface area (Å²) in [6.07, 6.45) is -4.05. The molecule has 0 saturated carbocycles. The molecule has 1 aliphatic heterocycles. The third kappa shape index (κ3) is 1.91. The van der Waals surface area contributed by atoms with Gasteiger partial charge in [0.25, 0.3) is 0 Å². The van der Waals surface area contributed by atoms with Gasteiger partial charge in [-0.25, -0.2) is 4.39 Å². The molecule has 0 aliphatic carbocycles. The number of halogens is 4. The van der Waals surface area contributed by atoms with E-state index >= 15 is 0 Å². The monoisotopic (exact) mass is 233 g/mol. The summed E-state index contributed by atoms with van der Waals surface area (Å²) in [7, 11) is 0. The molecule has 1 aromatic carbocycles. The molecule has 1 nitrogen and oxygen atoms in total. The molecule has 0 radical (unpaired) electrons. The second kappa shape index (κ2) is 3.73. The number of alkyl halides is 3. The van der Waals surface area contributed by atoms with Gasteiger partial charge in [-0.1, -0.05) is 0 Å².